The molecule has 1 aliphatic rings. The minimum absolute atomic E-state index is 0.0190. The zero-order chi connectivity index (χ0) is 16.3. The number of benzene rings is 1. The van der Waals surface area contributed by atoms with Crippen LogP contribution in [0.1, 0.15) is 28.8 Å². The average molecular weight is 324 g/mol. The zero-order valence-corrected chi connectivity index (χ0v) is 14.3. The molecule has 1 atom stereocenters. The van der Waals surface area contributed by atoms with Gasteiger partial charge in [-0.1, -0.05) is 12.1 Å². The van der Waals surface area contributed by atoms with Gasteiger partial charge in [-0.25, -0.2) is 8.42 Å². The van der Waals surface area contributed by atoms with Crippen LogP contribution >= 0.6 is 0 Å². The van der Waals surface area contributed by atoms with Gasteiger partial charge in [0.25, 0.3) is 5.91 Å². The zero-order valence-electron chi connectivity index (χ0n) is 13.4. The smallest absolute Gasteiger partial charge is 0.253 e. The molecule has 6 heteroatoms. The molecular formula is C16H24N2O3S. The Kier molecular flexibility index (Phi) is 5.24. The van der Waals surface area contributed by atoms with Gasteiger partial charge in [-0.3, -0.25) is 9.69 Å². The summed E-state index contributed by atoms with van der Waals surface area (Å²) >= 11 is 0. The first-order chi connectivity index (χ1) is 10.3. The highest BCUT2D eigenvalue weighted by Gasteiger charge is 2.27. The molecule has 1 unspecified atom stereocenters. The fourth-order valence-corrected chi connectivity index (χ4v) is 3.90. The van der Waals surface area contributed by atoms with Gasteiger partial charge in [-0.05, 0) is 37.1 Å². The molecule has 1 amide bonds. The second-order valence-corrected chi connectivity index (χ2v) is 8.55. The Balaban J connectivity index is 2.07. The number of likely N-dealkylation sites (tertiary alicyclic amines) is 1. The number of nitrogens with zero attached hydrogens (tertiary/aromatic N) is 2. The van der Waals surface area contributed by atoms with E-state index in [-0.39, 0.29) is 11.2 Å². The quantitative estimate of drug-likeness (QED) is 0.840. The third-order valence-electron chi connectivity index (χ3n) is 4.05. The standard InChI is InChI=1S/C16H24N2O3S/c1-17(2)16(19)14-7-4-6-13(10-14)11-18-9-5-8-15(12-18)22(3,20)21/h4,6-7,10,15H,5,8-9,11-12H2,1-3H3. The maximum absolute atomic E-state index is 12.0. The Morgan fingerprint density at radius 1 is 1.36 bits per heavy atom. The summed E-state index contributed by atoms with van der Waals surface area (Å²) in [5.41, 5.74) is 1.71. The van der Waals surface area contributed by atoms with Crippen molar-refractivity contribution in [2.24, 2.45) is 0 Å². The molecule has 0 bridgehead atoms. The molecule has 0 radical (unpaired) electrons. The summed E-state index contributed by atoms with van der Waals surface area (Å²) < 4.78 is 23.5. The lowest BCUT2D eigenvalue weighted by molar-refractivity contribution is 0.0827. The van der Waals surface area contributed by atoms with E-state index in [0.29, 0.717) is 18.7 Å². The van der Waals surface area contributed by atoms with Crippen molar-refractivity contribution in [2.45, 2.75) is 24.6 Å². The normalized spacial score (nSPS) is 19.9. The van der Waals surface area contributed by atoms with Gasteiger partial charge in [0.05, 0.1) is 5.25 Å². The van der Waals surface area contributed by atoms with E-state index in [0.717, 1.165) is 24.9 Å². The number of carbonyl (C=O) groups is 1. The molecule has 1 aromatic rings. The summed E-state index contributed by atoms with van der Waals surface area (Å²) in [5, 5.41) is -0.271. The van der Waals surface area contributed by atoms with Crippen LogP contribution in [-0.2, 0) is 16.4 Å². The van der Waals surface area contributed by atoms with Crippen LogP contribution in [0.5, 0.6) is 0 Å². The lowest BCUT2D eigenvalue weighted by Gasteiger charge is -2.31. The number of hydrogen-bond donors (Lipinski definition) is 0. The van der Waals surface area contributed by atoms with Crippen LogP contribution in [0.4, 0.5) is 0 Å². The number of amides is 1. The number of piperidine rings is 1. The first kappa shape index (κ1) is 17.0. The molecule has 1 aliphatic heterocycles. The molecular weight excluding hydrogens is 300 g/mol. The van der Waals surface area contributed by atoms with Crippen molar-refractivity contribution < 1.29 is 13.2 Å². The van der Waals surface area contributed by atoms with Gasteiger partial charge in [0.2, 0.25) is 0 Å². The van der Waals surface area contributed by atoms with E-state index in [4.69, 9.17) is 0 Å². The van der Waals surface area contributed by atoms with E-state index in [1.165, 1.54) is 6.26 Å². The van der Waals surface area contributed by atoms with Gasteiger partial charge >= 0.3 is 0 Å². The highest BCUT2D eigenvalue weighted by atomic mass is 32.2. The topological polar surface area (TPSA) is 57.7 Å². The van der Waals surface area contributed by atoms with Crippen molar-refractivity contribution in [2.75, 3.05) is 33.4 Å². The van der Waals surface area contributed by atoms with Gasteiger partial charge in [0.1, 0.15) is 0 Å². The Hall–Kier alpha value is -1.40. The molecule has 1 fully saturated rings. The number of hydrogen-bond acceptors (Lipinski definition) is 4. The molecule has 2 rings (SSSR count). The molecule has 0 saturated carbocycles. The van der Waals surface area contributed by atoms with Crippen molar-refractivity contribution in [1.82, 2.24) is 9.80 Å². The third-order valence-corrected chi connectivity index (χ3v) is 5.65. The second kappa shape index (κ2) is 6.79. The van der Waals surface area contributed by atoms with E-state index >= 15 is 0 Å². The Bertz CT molecular complexity index is 641. The number of rotatable bonds is 4. The van der Waals surface area contributed by atoms with Crippen molar-refractivity contribution >= 4 is 15.7 Å². The largest absolute Gasteiger partial charge is 0.345 e. The fourth-order valence-electron chi connectivity index (χ4n) is 2.83. The van der Waals surface area contributed by atoms with Crippen molar-refractivity contribution in [3.8, 4) is 0 Å². The summed E-state index contributed by atoms with van der Waals surface area (Å²) in [6.07, 6.45) is 2.96. The second-order valence-electron chi connectivity index (χ2n) is 6.23. The molecule has 122 valence electrons. The average Bonchev–Trinajstić information content (AvgIpc) is 2.46. The summed E-state index contributed by atoms with van der Waals surface area (Å²) in [5.74, 6) is -0.0190. The van der Waals surface area contributed by atoms with Crippen LogP contribution in [0, 0.1) is 0 Å². The Morgan fingerprint density at radius 3 is 2.73 bits per heavy atom. The lowest BCUT2D eigenvalue weighted by atomic mass is 10.1. The first-order valence-electron chi connectivity index (χ1n) is 7.49. The monoisotopic (exact) mass is 324 g/mol. The number of carbonyl (C=O) groups excluding carboxylic acids is 1. The maximum Gasteiger partial charge on any atom is 0.253 e. The predicted octanol–water partition coefficient (Wildman–Crippen LogP) is 1.40. The van der Waals surface area contributed by atoms with Crippen LogP contribution in [0.3, 0.4) is 0 Å². The Labute approximate surface area is 132 Å². The highest BCUT2D eigenvalue weighted by Crippen LogP contribution is 2.19. The molecule has 5 nitrogen and oxygen atoms in total. The van der Waals surface area contributed by atoms with Crippen LogP contribution in [0.2, 0.25) is 0 Å². The van der Waals surface area contributed by atoms with E-state index < -0.39 is 9.84 Å². The highest BCUT2D eigenvalue weighted by molar-refractivity contribution is 7.91. The third kappa shape index (κ3) is 4.30. The van der Waals surface area contributed by atoms with Crippen molar-refractivity contribution in [3.63, 3.8) is 0 Å². The van der Waals surface area contributed by atoms with Crippen LogP contribution in [0.15, 0.2) is 24.3 Å². The summed E-state index contributed by atoms with van der Waals surface area (Å²) in [6.45, 7) is 2.16. The van der Waals surface area contributed by atoms with Crippen molar-refractivity contribution in [3.05, 3.63) is 35.4 Å². The van der Waals surface area contributed by atoms with E-state index in [1.807, 2.05) is 18.2 Å². The molecule has 0 aliphatic carbocycles. The van der Waals surface area contributed by atoms with Gasteiger partial charge in [0.15, 0.2) is 9.84 Å². The molecule has 0 N–H and O–H groups in total. The molecule has 0 spiro atoms. The first-order valence-corrected chi connectivity index (χ1v) is 9.44. The summed E-state index contributed by atoms with van der Waals surface area (Å²) in [6, 6.07) is 7.56. The van der Waals surface area contributed by atoms with Crippen molar-refractivity contribution in [1.29, 1.82) is 0 Å². The van der Waals surface area contributed by atoms with Crippen LogP contribution in [0.25, 0.3) is 0 Å². The van der Waals surface area contributed by atoms with Gasteiger partial charge in [-0.2, -0.15) is 0 Å². The fraction of sp³-hybridized carbons (Fsp3) is 0.562. The Morgan fingerprint density at radius 2 is 2.09 bits per heavy atom. The van der Waals surface area contributed by atoms with Gasteiger partial charge < -0.3 is 4.90 Å². The molecule has 1 saturated heterocycles. The minimum atomic E-state index is -2.99. The van der Waals surface area contributed by atoms with Crippen LogP contribution in [-0.4, -0.2) is 62.8 Å². The minimum Gasteiger partial charge on any atom is -0.345 e. The maximum atomic E-state index is 12.0. The van der Waals surface area contributed by atoms with Crippen LogP contribution < -0.4 is 0 Å². The molecule has 1 heterocycles. The van der Waals surface area contributed by atoms with E-state index in [2.05, 4.69) is 4.90 Å². The lowest BCUT2D eigenvalue weighted by Crippen LogP contribution is -2.41. The summed E-state index contributed by atoms with van der Waals surface area (Å²) in [4.78, 5) is 15.7. The molecule has 0 aromatic heterocycles. The number of sulfone groups is 1. The van der Waals surface area contributed by atoms with Gasteiger partial charge in [-0.15, -0.1) is 0 Å². The molecule has 1 aromatic carbocycles. The van der Waals surface area contributed by atoms with E-state index in [9.17, 15) is 13.2 Å². The summed E-state index contributed by atoms with van der Waals surface area (Å²) in [7, 11) is 0.479. The molecule has 22 heavy (non-hydrogen) atoms. The van der Waals surface area contributed by atoms with Gasteiger partial charge in [0, 0.05) is 39.0 Å². The SMILES string of the molecule is CN(C)C(=O)c1cccc(CN2CCCC(S(C)(=O)=O)C2)c1. The predicted molar refractivity (Wildman–Crippen MR) is 87.6 cm³/mol. The van der Waals surface area contributed by atoms with E-state index in [1.54, 1.807) is 25.1 Å².